The van der Waals surface area contributed by atoms with Crippen LogP contribution >= 0.6 is 11.6 Å². The molecule has 1 aromatic carbocycles. The molecule has 21 heavy (non-hydrogen) atoms. The molecule has 0 saturated carbocycles. The Morgan fingerprint density at radius 3 is 3.05 bits per heavy atom. The maximum atomic E-state index is 6.06. The smallest absolute Gasteiger partial charge is 0.0472 e. The van der Waals surface area contributed by atoms with E-state index in [0.717, 1.165) is 30.2 Å². The number of benzene rings is 1. The summed E-state index contributed by atoms with van der Waals surface area (Å²) in [7, 11) is 0. The Morgan fingerprint density at radius 2 is 2.29 bits per heavy atom. The van der Waals surface area contributed by atoms with E-state index in [4.69, 9.17) is 11.6 Å². The number of fused-ring (bicyclic) bond motifs is 1. The molecule has 1 unspecified atom stereocenters. The zero-order chi connectivity index (χ0) is 14.7. The second-order valence-corrected chi connectivity index (χ2v) is 6.47. The monoisotopic (exact) mass is 305 g/mol. The van der Waals surface area contributed by atoms with Crippen LogP contribution in [0, 0.1) is 0 Å². The molecule has 2 aromatic rings. The van der Waals surface area contributed by atoms with Gasteiger partial charge in [-0.15, -0.1) is 0 Å². The molecule has 1 aliphatic heterocycles. The quantitative estimate of drug-likeness (QED) is 0.851. The number of rotatable bonds is 6. The number of aromatic amines is 1. The summed E-state index contributed by atoms with van der Waals surface area (Å²) in [6.45, 7) is 6.74. The fourth-order valence-corrected chi connectivity index (χ4v) is 3.48. The molecule has 0 amide bonds. The number of nitrogens with zero attached hydrogens (tertiary/aromatic N) is 1. The van der Waals surface area contributed by atoms with Crippen LogP contribution in [0.3, 0.4) is 0 Å². The predicted molar refractivity (Wildman–Crippen MR) is 89.9 cm³/mol. The van der Waals surface area contributed by atoms with Crippen LogP contribution in [0.15, 0.2) is 24.4 Å². The Kier molecular flexibility index (Phi) is 4.84. The summed E-state index contributed by atoms with van der Waals surface area (Å²) in [4.78, 5) is 5.91. The lowest BCUT2D eigenvalue weighted by Crippen LogP contribution is -2.37. The molecule has 114 valence electrons. The Bertz CT molecular complexity index is 587. The molecule has 0 radical (unpaired) electrons. The number of H-pyrrole nitrogens is 1. The summed E-state index contributed by atoms with van der Waals surface area (Å²) in [5, 5.41) is 5.68. The second kappa shape index (κ2) is 6.82. The highest BCUT2D eigenvalue weighted by atomic mass is 35.5. The molecule has 1 aromatic heterocycles. The fraction of sp³-hybridized carbons (Fsp3) is 0.529. The molecule has 2 N–H and O–H groups in total. The van der Waals surface area contributed by atoms with E-state index < -0.39 is 0 Å². The highest BCUT2D eigenvalue weighted by Crippen LogP contribution is 2.23. The lowest BCUT2D eigenvalue weighted by molar-refractivity contribution is 0.242. The van der Waals surface area contributed by atoms with E-state index in [0.29, 0.717) is 6.04 Å². The van der Waals surface area contributed by atoms with Gasteiger partial charge in [-0.25, -0.2) is 0 Å². The van der Waals surface area contributed by atoms with Gasteiger partial charge in [-0.2, -0.15) is 0 Å². The predicted octanol–water partition coefficient (Wildman–Crippen LogP) is 3.79. The van der Waals surface area contributed by atoms with E-state index >= 15 is 0 Å². The highest BCUT2D eigenvalue weighted by molar-refractivity contribution is 6.31. The number of nitrogens with one attached hydrogen (secondary N) is 2. The van der Waals surface area contributed by atoms with Gasteiger partial charge in [-0.3, -0.25) is 4.90 Å². The molecule has 1 atom stereocenters. The van der Waals surface area contributed by atoms with Crippen molar-refractivity contribution in [3.63, 3.8) is 0 Å². The van der Waals surface area contributed by atoms with Crippen molar-refractivity contribution in [1.29, 1.82) is 0 Å². The molecule has 3 nitrogen and oxygen atoms in total. The van der Waals surface area contributed by atoms with Crippen LogP contribution in [0.5, 0.6) is 0 Å². The van der Waals surface area contributed by atoms with Crippen LogP contribution in [0.1, 0.15) is 31.7 Å². The fourth-order valence-electron chi connectivity index (χ4n) is 3.31. The molecule has 1 aliphatic rings. The van der Waals surface area contributed by atoms with E-state index in [-0.39, 0.29) is 0 Å². The van der Waals surface area contributed by atoms with Gasteiger partial charge >= 0.3 is 0 Å². The number of aromatic nitrogens is 1. The van der Waals surface area contributed by atoms with Gasteiger partial charge in [0.25, 0.3) is 0 Å². The molecule has 3 rings (SSSR count). The van der Waals surface area contributed by atoms with E-state index in [2.05, 4.69) is 34.4 Å². The SMILES string of the molecule is CCCN(Cc1c[nH]c2cc(Cl)ccc12)CC1CCCN1. The maximum absolute atomic E-state index is 6.06. The lowest BCUT2D eigenvalue weighted by Gasteiger charge is -2.25. The van der Waals surface area contributed by atoms with E-state index in [1.54, 1.807) is 0 Å². The van der Waals surface area contributed by atoms with Crippen LogP contribution < -0.4 is 5.32 Å². The van der Waals surface area contributed by atoms with Gasteiger partial charge in [0.05, 0.1) is 0 Å². The highest BCUT2D eigenvalue weighted by Gasteiger charge is 2.18. The number of hydrogen-bond acceptors (Lipinski definition) is 2. The van der Waals surface area contributed by atoms with Crippen molar-refractivity contribution in [3.05, 3.63) is 35.0 Å². The summed E-state index contributed by atoms with van der Waals surface area (Å²) in [6, 6.07) is 6.77. The standard InChI is InChI=1S/C17H24ClN3/c1-2-8-21(12-15-4-3-7-19-15)11-13-10-20-17-9-14(18)5-6-16(13)17/h5-6,9-10,15,19-20H,2-4,7-8,11-12H2,1H3. The third-order valence-electron chi connectivity index (χ3n) is 4.30. The van der Waals surface area contributed by atoms with Crippen LogP contribution in [0.25, 0.3) is 10.9 Å². The molecule has 1 fully saturated rings. The first-order valence-corrected chi connectivity index (χ1v) is 8.35. The van der Waals surface area contributed by atoms with Crippen molar-refractivity contribution >= 4 is 22.5 Å². The largest absolute Gasteiger partial charge is 0.361 e. The van der Waals surface area contributed by atoms with Crippen LogP contribution in [0.2, 0.25) is 5.02 Å². The Balaban J connectivity index is 1.73. The van der Waals surface area contributed by atoms with Gasteiger partial charge in [0.1, 0.15) is 0 Å². The summed E-state index contributed by atoms with van der Waals surface area (Å²) >= 11 is 6.06. The van der Waals surface area contributed by atoms with E-state index in [1.165, 1.54) is 36.8 Å². The summed E-state index contributed by atoms with van der Waals surface area (Å²) in [6.07, 6.45) is 5.95. The number of hydrogen-bond donors (Lipinski definition) is 2. The molecular formula is C17H24ClN3. The lowest BCUT2D eigenvalue weighted by atomic mass is 10.1. The van der Waals surface area contributed by atoms with Crippen molar-refractivity contribution in [2.75, 3.05) is 19.6 Å². The zero-order valence-electron chi connectivity index (χ0n) is 12.7. The molecule has 0 aliphatic carbocycles. The van der Waals surface area contributed by atoms with Gasteiger partial charge < -0.3 is 10.3 Å². The van der Waals surface area contributed by atoms with Crippen LogP contribution in [-0.2, 0) is 6.54 Å². The Labute approximate surface area is 131 Å². The summed E-state index contributed by atoms with van der Waals surface area (Å²) < 4.78 is 0. The Morgan fingerprint density at radius 1 is 1.38 bits per heavy atom. The Hall–Kier alpha value is -1.03. The van der Waals surface area contributed by atoms with Gasteiger partial charge in [0, 0.05) is 41.3 Å². The first kappa shape index (κ1) is 14.9. The minimum atomic E-state index is 0.663. The van der Waals surface area contributed by atoms with Crippen LogP contribution in [-0.4, -0.2) is 35.6 Å². The maximum Gasteiger partial charge on any atom is 0.0472 e. The average Bonchev–Trinajstić information content (AvgIpc) is 3.09. The summed E-state index contributed by atoms with van der Waals surface area (Å²) in [5.41, 5.74) is 2.50. The van der Waals surface area contributed by atoms with Crippen LogP contribution in [0.4, 0.5) is 0 Å². The minimum Gasteiger partial charge on any atom is -0.361 e. The summed E-state index contributed by atoms with van der Waals surface area (Å²) in [5.74, 6) is 0. The molecule has 4 heteroatoms. The molecule has 0 bridgehead atoms. The van der Waals surface area contributed by atoms with Gasteiger partial charge in [0.2, 0.25) is 0 Å². The average molecular weight is 306 g/mol. The van der Waals surface area contributed by atoms with Crippen molar-refractivity contribution < 1.29 is 0 Å². The molecule has 0 spiro atoms. The van der Waals surface area contributed by atoms with Crippen molar-refractivity contribution in [3.8, 4) is 0 Å². The number of halogens is 1. The third-order valence-corrected chi connectivity index (χ3v) is 4.54. The molecule has 2 heterocycles. The zero-order valence-corrected chi connectivity index (χ0v) is 13.4. The first-order chi connectivity index (χ1) is 10.3. The minimum absolute atomic E-state index is 0.663. The van der Waals surface area contributed by atoms with E-state index in [1.807, 2.05) is 12.1 Å². The normalized spacial score (nSPS) is 18.9. The van der Waals surface area contributed by atoms with Crippen molar-refractivity contribution in [2.24, 2.45) is 0 Å². The second-order valence-electron chi connectivity index (χ2n) is 6.03. The van der Waals surface area contributed by atoms with Gasteiger partial charge in [-0.1, -0.05) is 24.6 Å². The first-order valence-electron chi connectivity index (χ1n) is 7.97. The van der Waals surface area contributed by atoms with Crippen molar-refractivity contribution in [1.82, 2.24) is 15.2 Å². The third kappa shape index (κ3) is 3.60. The van der Waals surface area contributed by atoms with Crippen molar-refractivity contribution in [2.45, 2.75) is 38.8 Å². The molecule has 1 saturated heterocycles. The van der Waals surface area contributed by atoms with Gasteiger partial charge in [0.15, 0.2) is 0 Å². The van der Waals surface area contributed by atoms with Gasteiger partial charge in [-0.05, 0) is 50.0 Å². The topological polar surface area (TPSA) is 31.1 Å². The molecular weight excluding hydrogens is 282 g/mol. The van der Waals surface area contributed by atoms with E-state index in [9.17, 15) is 0 Å².